The Labute approximate surface area is 265 Å². The Morgan fingerprint density at radius 2 is 0.935 bits per heavy atom. The van der Waals surface area contributed by atoms with Crippen molar-refractivity contribution in [2.75, 3.05) is 0 Å². The van der Waals surface area contributed by atoms with Crippen LogP contribution >= 0.6 is 0 Å². The van der Waals surface area contributed by atoms with E-state index in [2.05, 4.69) is 120 Å². The van der Waals surface area contributed by atoms with Gasteiger partial charge in [0.2, 0.25) is 0 Å². The number of para-hydroxylation sites is 2. The zero-order valence-electron chi connectivity index (χ0n) is 24.7. The molecule has 5 heteroatoms. The van der Waals surface area contributed by atoms with Crippen molar-refractivity contribution >= 4 is 11.0 Å². The van der Waals surface area contributed by atoms with E-state index in [1.807, 2.05) is 36.4 Å². The van der Waals surface area contributed by atoms with Crippen molar-refractivity contribution in [1.82, 2.24) is 24.5 Å². The molecule has 0 radical (unpaired) electrons. The summed E-state index contributed by atoms with van der Waals surface area (Å²) < 4.78 is 2.35. The maximum Gasteiger partial charge on any atom is 0.164 e. The fraction of sp³-hybridized carbons (Fsp3) is 0.0244. The van der Waals surface area contributed by atoms with E-state index in [-0.39, 0.29) is 0 Å². The molecule has 2 aliphatic rings. The van der Waals surface area contributed by atoms with Gasteiger partial charge in [-0.3, -0.25) is 4.57 Å². The molecule has 0 saturated carbocycles. The molecule has 0 saturated heterocycles. The normalized spacial score (nSPS) is 13.4. The van der Waals surface area contributed by atoms with Crippen molar-refractivity contribution in [3.05, 3.63) is 174 Å². The minimum absolute atomic E-state index is 0.640. The third-order valence-electron chi connectivity index (χ3n) is 9.45. The van der Waals surface area contributed by atoms with E-state index in [9.17, 15) is 0 Å². The van der Waals surface area contributed by atoms with Crippen LogP contribution in [0.2, 0.25) is 0 Å². The average Bonchev–Trinajstić information content (AvgIpc) is 3.76. The second kappa shape index (κ2) is 9.40. The van der Waals surface area contributed by atoms with Gasteiger partial charge in [-0.1, -0.05) is 133 Å². The van der Waals surface area contributed by atoms with Gasteiger partial charge in [-0.25, -0.2) is 19.9 Å². The smallest absolute Gasteiger partial charge is 0.164 e. The van der Waals surface area contributed by atoms with Gasteiger partial charge in [0, 0.05) is 22.3 Å². The van der Waals surface area contributed by atoms with Gasteiger partial charge in [-0.05, 0) is 40.5 Å². The van der Waals surface area contributed by atoms with Crippen LogP contribution in [-0.2, 0) is 5.41 Å². The highest BCUT2D eigenvalue weighted by Gasteiger charge is 2.55. The van der Waals surface area contributed by atoms with Crippen molar-refractivity contribution in [3.63, 3.8) is 0 Å². The monoisotopic (exact) mass is 587 g/mol. The van der Waals surface area contributed by atoms with Crippen molar-refractivity contribution in [3.8, 4) is 51.0 Å². The molecule has 5 nitrogen and oxygen atoms in total. The average molecular weight is 588 g/mol. The van der Waals surface area contributed by atoms with E-state index in [4.69, 9.17) is 19.9 Å². The number of fused-ring (bicyclic) bond motifs is 12. The van der Waals surface area contributed by atoms with E-state index in [1.165, 1.54) is 22.3 Å². The zero-order chi connectivity index (χ0) is 30.2. The fourth-order valence-corrected chi connectivity index (χ4v) is 7.61. The minimum atomic E-state index is -0.662. The zero-order valence-corrected chi connectivity index (χ0v) is 24.7. The molecule has 0 amide bonds. The van der Waals surface area contributed by atoms with E-state index in [1.54, 1.807) is 0 Å². The molecule has 10 rings (SSSR count). The molecule has 3 heterocycles. The number of hydrogen-bond donors (Lipinski definition) is 0. The maximum atomic E-state index is 5.42. The first kappa shape index (κ1) is 25.2. The second-order valence-corrected chi connectivity index (χ2v) is 11.8. The summed E-state index contributed by atoms with van der Waals surface area (Å²) >= 11 is 0. The van der Waals surface area contributed by atoms with Crippen LogP contribution in [0, 0.1) is 0 Å². The molecule has 0 unspecified atom stereocenters. The SMILES string of the molecule is c1ccc(-c2nc(-c3ccccc3)nc(-c3cccc4c3C3(c5ccccc5-c5ccccc53)c3nc5ccccc5n3-4)n2)cc1. The molecular formula is C41H25N5. The van der Waals surface area contributed by atoms with E-state index in [0.717, 1.165) is 44.8 Å². The van der Waals surface area contributed by atoms with Gasteiger partial charge in [0.25, 0.3) is 0 Å². The first-order valence-electron chi connectivity index (χ1n) is 15.5. The molecule has 0 N–H and O–H groups in total. The Morgan fingerprint density at radius 3 is 1.59 bits per heavy atom. The Balaban J connectivity index is 1.35. The number of imidazole rings is 1. The first-order chi connectivity index (χ1) is 22.8. The highest BCUT2D eigenvalue weighted by atomic mass is 15.1. The number of rotatable bonds is 3. The summed E-state index contributed by atoms with van der Waals surface area (Å²) in [6, 6.07) is 52.8. The third kappa shape index (κ3) is 3.29. The fourth-order valence-electron chi connectivity index (χ4n) is 7.61. The Hall–Kier alpha value is -6.20. The van der Waals surface area contributed by atoms with Crippen LogP contribution in [0.1, 0.15) is 22.5 Å². The molecular weight excluding hydrogens is 562 g/mol. The summed E-state index contributed by atoms with van der Waals surface area (Å²) in [5, 5.41) is 0. The molecule has 1 aliphatic carbocycles. The number of aromatic nitrogens is 5. The van der Waals surface area contributed by atoms with Gasteiger partial charge in [0.15, 0.2) is 17.5 Å². The summed E-state index contributed by atoms with van der Waals surface area (Å²) in [6.45, 7) is 0. The maximum absolute atomic E-state index is 5.42. The van der Waals surface area contributed by atoms with Crippen LogP contribution in [0.5, 0.6) is 0 Å². The van der Waals surface area contributed by atoms with Crippen LogP contribution < -0.4 is 0 Å². The largest absolute Gasteiger partial charge is 0.295 e. The molecule has 1 spiro atoms. The second-order valence-electron chi connectivity index (χ2n) is 11.8. The summed E-state index contributed by atoms with van der Waals surface area (Å²) in [6.07, 6.45) is 0. The van der Waals surface area contributed by atoms with Crippen LogP contribution in [0.4, 0.5) is 0 Å². The van der Waals surface area contributed by atoms with Crippen molar-refractivity contribution in [2.24, 2.45) is 0 Å². The molecule has 214 valence electrons. The minimum Gasteiger partial charge on any atom is -0.295 e. The molecule has 46 heavy (non-hydrogen) atoms. The highest BCUT2D eigenvalue weighted by molar-refractivity contribution is 5.94. The Kier molecular flexibility index (Phi) is 5.14. The van der Waals surface area contributed by atoms with Crippen molar-refractivity contribution in [1.29, 1.82) is 0 Å². The van der Waals surface area contributed by atoms with Crippen molar-refractivity contribution < 1.29 is 0 Å². The van der Waals surface area contributed by atoms with Gasteiger partial charge in [-0.2, -0.15) is 0 Å². The quantitative estimate of drug-likeness (QED) is 0.207. The van der Waals surface area contributed by atoms with E-state index >= 15 is 0 Å². The van der Waals surface area contributed by atoms with Gasteiger partial charge >= 0.3 is 0 Å². The van der Waals surface area contributed by atoms with Gasteiger partial charge < -0.3 is 0 Å². The van der Waals surface area contributed by atoms with Crippen LogP contribution in [0.3, 0.4) is 0 Å². The first-order valence-corrected chi connectivity index (χ1v) is 15.5. The van der Waals surface area contributed by atoms with E-state index < -0.39 is 5.41 Å². The summed E-state index contributed by atoms with van der Waals surface area (Å²) in [7, 11) is 0. The third-order valence-corrected chi connectivity index (χ3v) is 9.45. The molecule has 8 aromatic rings. The van der Waals surface area contributed by atoms with E-state index in [0.29, 0.717) is 17.5 Å². The molecule has 1 aliphatic heterocycles. The van der Waals surface area contributed by atoms with Gasteiger partial charge in [0.05, 0.1) is 16.7 Å². The van der Waals surface area contributed by atoms with Crippen LogP contribution in [0.15, 0.2) is 152 Å². The molecule has 0 atom stereocenters. The Bertz CT molecular complexity index is 2380. The van der Waals surface area contributed by atoms with Crippen molar-refractivity contribution in [2.45, 2.75) is 5.41 Å². The predicted octanol–water partition coefficient (Wildman–Crippen LogP) is 8.89. The summed E-state index contributed by atoms with van der Waals surface area (Å²) in [5.41, 5.74) is 11.4. The number of benzene rings is 6. The summed E-state index contributed by atoms with van der Waals surface area (Å²) in [5.74, 6) is 2.92. The number of nitrogens with zero attached hydrogens (tertiary/aromatic N) is 5. The lowest BCUT2D eigenvalue weighted by Crippen LogP contribution is -2.28. The summed E-state index contributed by atoms with van der Waals surface area (Å²) in [4.78, 5) is 20.8. The lowest BCUT2D eigenvalue weighted by Gasteiger charge is -2.29. The van der Waals surface area contributed by atoms with Gasteiger partial charge in [-0.15, -0.1) is 0 Å². The predicted molar refractivity (Wildman–Crippen MR) is 182 cm³/mol. The standard InChI is InChI=1S/C41H25N5/c1-3-14-26(15-4-1)37-43-38(27-16-5-2-6-17-27)45-39(44-37)30-20-13-25-35-36(30)41(40-42-33-23-11-12-24-34(33)46(35)40)31-21-9-7-18-28(31)29-19-8-10-22-32(29)41/h1-25H. The molecule has 2 aromatic heterocycles. The molecule has 0 fully saturated rings. The van der Waals surface area contributed by atoms with Gasteiger partial charge in [0.1, 0.15) is 11.2 Å². The molecule has 0 bridgehead atoms. The highest BCUT2D eigenvalue weighted by Crippen LogP contribution is 2.62. The lowest BCUT2D eigenvalue weighted by atomic mass is 9.71. The molecule has 6 aromatic carbocycles. The van der Waals surface area contributed by atoms with Crippen LogP contribution in [-0.4, -0.2) is 24.5 Å². The Morgan fingerprint density at radius 1 is 0.413 bits per heavy atom. The van der Waals surface area contributed by atoms with Crippen LogP contribution in [0.25, 0.3) is 62.0 Å². The topological polar surface area (TPSA) is 56.5 Å². The lowest BCUT2D eigenvalue weighted by molar-refractivity contribution is 0.738. The number of hydrogen-bond acceptors (Lipinski definition) is 4.